The maximum Gasteiger partial charge on any atom is 0.679 e. The maximum atomic E-state index is 6.39. The second-order valence-electron chi connectivity index (χ2n) is 8.00. The van der Waals surface area contributed by atoms with Crippen molar-refractivity contribution < 1.29 is 17.7 Å². The Hall–Kier alpha value is -0.103. The van der Waals surface area contributed by atoms with Crippen LogP contribution in [-0.4, -0.2) is 134 Å². The molecule has 0 radical (unpaired) electrons. The molecule has 8 nitrogen and oxygen atoms in total. The summed E-state index contributed by atoms with van der Waals surface area (Å²) >= 11 is 0. The molecule has 0 aliphatic heterocycles. The van der Waals surface area contributed by atoms with Crippen LogP contribution in [0.5, 0.6) is 0 Å². The quantitative estimate of drug-likeness (QED) is 0.191. The lowest BCUT2D eigenvalue weighted by atomic mass is 10.5. The van der Waals surface area contributed by atoms with Crippen LogP contribution in [0.1, 0.15) is 55.4 Å². The van der Waals surface area contributed by atoms with Crippen LogP contribution >= 0.6 is 0 Å². The molecule has 0 saturated heterocycles. The molecular formula is C24H56N4O4Si. The molecule has 0 aliphatic rings. The summed E-state index contributed by atoms with van der Waals surface area (Å²) in [6.07, 6.45) is 0. The minimum atomic E-state index is -3.27. The lowest BCUT2D eigenvalue weighted by Gasteiger charge is -2.31. The van der Waals surface area contributed by atoms with Gasteiger partial charge in [0.05, 0.1) is 26.4 Å². The highest BCUT2D eigenvalue weighted by molar-refractivity contribution is 6.53. The van der Waals surface area contributed by atoms with Crippen LogP contribution in [0.25, 0.3) is 0 Å². The van der Waals surface area contributed by atoms with Gasteiger partial charge in [0, 0.05) is 26.2 Å². The van der Waals surface area contributed by atoms with Gasteiger partial charge in [0.15, 0.2) is 0 Å². The van der Waals surface area contributed by atoms with E-state index in [1.54, 1.807) is 0 Å². The molecule has 0 amide bonds. The van der Waals surface area contributed by atoms with Crippen LogP contribution in [0.15, 0.2) is 0 Å². The molecule has 9 heteroatoms. The van der Waals surface area contributed by atoms with Crippen molar-refractivity contribution in [1.82, 2.24) is 19.6 Å². The van der Waals surface area contributed by atoms with Gasteiger partial charge in [0.2, 0.25) is 0 Å². The second kappa shape index (κ2) is 21.2. The maximum absolute atomic E-state index is 6.39. The monoisotopic (exact) mass is 492 g/mol. The smallest absolute Gasteiger partial charge is 0.350 e. The Balaban J connectivity index is 5.33. The average molecular weight is 493 g/mol. The molecule has 0 spiro atoms. The highest BCUT2D eigenvalue weighted by Crippen LogP contribution is 2.14. The highest BCUT2D eigenvalue weighted by atomic mass is 28.4. The molecular weight excluding hydrogens is 436 g/mol. The Morgan fingerprint density at radius 3 is 0.697 bits per heavy atom. The van der Waals surface area contributed by atoms with Crippen LogP contribution in [0.4, 0.5) is 0 Å². The lowest BCUT2D eigenvalue weighted by Crippen LogP contribution is -2.53. The zero-order chi connectivity index (χ0) is 25.0. The van der Waals surface area contributed by atoms with E-state index < -0.39 is 9.05 Å². The van der Waals surface area contributed by atoms with Gasteiger partial charge in [-0.2, -0.15) is 0 Å². The third-order valence-corrected chi connectivity index (χ3v) is 8.55. The fraction of sp³-hybridized carbons (Fsp3) is 1.00. The fourth-order valence-electron chi connectivity index (χ4n) is 3.61. The Kier molecular flexibility index (Phi) is 21.1. The Morgan fingerprint density at radius 1 is 0.364 bits per heavy atom. The highest BCUT2D eigenvalue weighted by Gasteiger charge is 2.46. The molecule has 0 aliphatic carbocycles. The predicted octanol–water partition coefficient (Wildman–Crippen LogP) is 2.86. The summed E-state index contributed by atoms with van der Waals surface area (Å²) in [4.78, 5) is 9.39. The molecule has 0 aromatic carbocycles. The largest absolute Gasteiger partial charge is 0.679 e. The molecule has 0 bridgehead atoms. The molecule has 33 heavy (non-hydrogen) atoms. The van der Waals surface area contributed by atoms with Gasteiger partial charge in [-0.1, -0.05) is 55.4 Å². The standard InChI is InChI=1S/C24H56N4O4Si/c1-9-25(10-2)17-21-29-33(30-22-18-26(11-3)12-4,31-23-19-27(13-5)14-6)32-24-20-28(15-7)16-8/h9-24H2,1-8H3. The molecule has 0 rings (SSSR count). The van der Waals surface area contributed by atoms with E-state index in [0.717, 1.165) is 78.5 Å². The van der Waals surface area contributed by atoms with Gasteiger partial charge < -0.3 is 37.3 Å². The SMILES string of the molecule is CCN(CC)CCO[Si](OCCN(CC)CC)(OCCN(CC)CC)OCCN(CC)CC. The zero-order valence-electron chi connectivity index (χ0n) is 23.2. The molecule has 0 unspecified atom stereocenters. The summed E-state index contributed by atoms with van der Waals surface area (Å²) in [6.45, 7) is 31.0. The van der Waals surface area contributed by atoms with Gasteiger partial charge in [-0.05, 0) is 52.4 Å². The van der Waals surface area contributed by atoms with Crippen LogP contribution in [0.3, 0.4) is 0 Å². The molecule has 0 N–H and O–H groups in total. The van der Waals surface area contributed by atoms with Gasteiger partial charge in [-0.3, -0.25) is 0 Å². The van der Waals surface area contributed by atoms with Crippen molar-refractivity contribution in [1.29, 1.82) is 0 Å². The summed E-state index contributed by atoms with van der Waals surface area (Å²) in [5.41, 5.74) is 0. The van der Waals surface area contributed by atoms with Crippen molar-refractivity contribution in [2.24, 2.45) is 0 Å². The Morgan fingerprint density at radius 2 is 0.545 bits per heavy atom. The van der Waals surface area contributed by atoms with Crippen LogP contribution in [0, 0.1) is 0 Å². The van der Waals surface area contributed by atoms with Gasteiger partial charge in [0.25, 0.3) is 0 Å². The summed E-state index contributed by atoms with van der Waals surface area (Å²) in [5.74, 6) is 0. The van der Waals surface area contributed by atoms with Gasteiger partial charge >= 0.3 is 9.05 Å². The van der Waals surface area contributed by atoms with Crippen LogP contribution in [0.2, 0.25) is 0 Å². The van der Waals surface area contributed by atoms with Crippen molar-refractivity contribution in [3.05, 3.63) is 0 Å². The molecule has 0 saturated carbocycles. The van der Waals surface area contributed by atoms with E-state index in [4.69, 9.17) is 17.7 Å². The number of hydrogen-bond donors (Lipinski definition) is 0. The minimum Gasteiger partial charge on any atom is -0.350 e. The Labute approximate surface area is 207 Å². The van der Waals surface area contributed by atoms with Gasteiger partial charge in [-0.25, -0.2) is 0 Å². The molecule has 0 aromatic heterocycles. The molecule has 200 valence electrons. The van der Waals surface area contributed by atoms with E-state index in [-0.39, 0.29) is 0 Å². The van der Waals surface area contributed by atoms with Crippen molar-refractivity contribution in [2.75, 3.05) is 105 Å². The second-order valence-corrected chi connectivity index (χ2v) is 10.2. The van der Waals surface area contributed by atoms with E-state index >= 15 is 0 Å². The minimum absolute atomic E-state index is 0.551. The molecule has 0 aromatic rings. The summed E-state index contributed by atoms with van der Waals surface area (Å²) in [5, 5.41) is 0. The number of likely N-dealkylation sites (N-methyl/N-ethyl adjacent to an activating group) is 4. The third-order valence-electron chi connectivity index (χ3n) is 6.32. The molecule has 0 atom stereocenters. The number of rotatable bonds is 24. The normalized spacial score (nSPS) is 12.7. The van der Waals surface area contributed by atoms with E-state index in [9.17, 15) is 0 Å². The topological polar surface area (TPSA) is 49.9 Å². The molecule has 0 fully saturated rings. The predicted molar refractivity (Wildman–Crippen MR) is 141 cm³/mol. The zero-order valence-corrected chi connectivity index (χ0v) is 24.2. The summed E-state index contributed by atoms with van der Waals surface area (Å²) in [7, 11) is -3.27. The van der Waals surface area contributed by atoms with Crippen molar-refractivity contribution in [3.8, 4) is 0 Å². The Bertz CT molecular complexity index is 344. The number of nitrogens with zero attached hydrogens (tertiary/aromatic N) is 4. The summed E-state index contributed by atoms with van der Waals surface area (Å²) in [6, 6.07) is 0. The average Bonchev–Trinajstić information content (AvgIpc) is 2.85. The van der Waals surface area contributed by atoms with Gasteiger partial charge in [0.1, 0.15) is 0 Å². The first-order valence-corrected chi connectivity index (χ1v) is 15.1. The molecule has 0 heterocycles. The first-order valence-electron chi connectivity index (χ1n) is 13.4. The van der Waals surface area contributed by atoms with E-state index in [0.29, 0.717) is 26.4 Å². The summed E-state index contributed by atoms with van der Waals surface area (Å²) < 4.78 is 25.5. The van der Waals surface area contributed by atoms with Crippen molar-refractivity contribution in [3.63, 3.8) is 0 Å². The first-order chi connectivity index (χ1) is 16.0. The van der Waals surface area contributed by atoms with E-state index in [1.807, 2.05) is 0 Å². The lowest BCUT2D eigenvalue weighted by molar-refractivity contribution is -0.0454. The third kappa shape index (κ3) is 14.8. The van der Waals surface area contributed by atoms with Crippen LogP contribution < -0.4 is 0 Å². The van der Waals surface area contributed by atoms with Gasteiger partial charge in [-0.15, -0.1) is 0 Å². The van der Waals surface area contributed by atoms with Crippen molar-refractivity contribution >= 4 is 9.05 Å². The fourth-order valence-corrected chi connectivity index (χ4v) is 5.47. The van der Waals surface area contributed by atoms with E-state index in [1.165, 1.54) is 0 Å². The first kappa shape index (κ1) is 32.9. The number of hydrogen-bond acceptors (Lipinski definition) is 8. The van der Waals surface area contributed by atoms with Crippen LogP contribution in [-0.2, 0) is 17.7 Å². The van der Waals surface area contributed by atoms with E-state index in [2.05, 4.69) is 75.0 Å². The van der Waals surface area contributed by atoms with Crippen molar-refractivity contribution in [2.45, 2.75) is 55.4 Å².